The molecule has 1 aliphatic heterocycles. The highest BCUT2D eigenvalue weighted by atomic mass is 32.2. The summed E-state index contributed by atoms with van der Waals surface area (Å²) in [5, 5.41) is 12.1. The van der Waals surface area contributed by atoms with Crippen LogP contribution in [0.25, 0.3) is 6.08 Å². The van der Waals surface area contributed by atoms with E-state index in [0.29, 0.717) is 28.2 Å². The molecule has 0 bridgehead atoms. The minimum Gasteiger partial charge on any atom is -0.490 e. The fourth-order valence-electron chi connectivity index (χ4n) is 2.81. The van der Waals surface area contributed by atoms with Crippen molar-refractivity contribution in [1.29, 1.82) is 0 Å². The lowest BCUT2D eigenvalue weighted by atomic mass is 10.1. The van der Waals surface area contributed by atoms with Crippen LogP contribution in [-0.4, -0.2) is 35.4 Å². The zero-order valence-corrected chi connectivity index (χ0v) is 17.7. The van der Waals surface area contributed by atoms with Crippen molar-refractivity contribution in [3.05, 3.63) is 58.0 Å². The zero-order valence-electron chi connectivity index (χ0n) is 16.9. The van der Waals surface area contributed by atoms with Crippen LogP contribution in [0, 0.1) is 13.8 Å². The van der Waals surface area contributed by atoms with Crippen LogP contribution in [0.15, 0.2) is 46.3 Å². The van der Waals surface area contributed by atoms with Crippen molar-refractivity contribution in [2.45, 2.75) is 20.8 Å². The number of hydrogen-bond donors (Lipinski definition) is 2. The first-order valence-electron chi connectivity index (χ1n) is 9.34. The molecule has 7 nitrogen and oxygen atoms in total. The molecule has 3 rings (SSSR count). The second-order valence-electron chi connectivity index (χ2n) is 6.59. The molecule has 0 aliphatic carbocycles. The number of aryl methyl sites for hydroxylation is 2. The molecule has 0 aromatic heterocycles. The van der Waals surface area contributed by atoms with Crippen molar-refractivity contribution in [3.63, 3.8) is 0 Å². The number of nitrogens with zero attached hydrogens (tertiary/aromatic N) is 1. The number of carbonyl (C=O) groups is 2. The first-order chi connectivity index (χ1) is 14.4. The highest BCUT2D eigenvalue weighted by molar-refractivity contribution is 8.18. The maximum Gasteiger partial charge on any atom is 0.341 e. The second kappa shape index (κ2) is 9.49. The minimum atomic E-state index is -1.07. The summed E-state index contributed by atoms with van der Waals surface area (Å²) in [4.78, 5) is 28.2. The summed E-state index contributed by atoms with van der Waals surface area (Å²) >= 11 is 1.26. The standard InChI is InChI=1S/C22H22N2O5S/c1-4-28-18-10-15(6-8-17(18)29-12-20(25)26)11-19-21(27)24-22(30-19)23-16-7-5-13(2)9-14(16)3/h5-11H,4,12H2,1-3H3,(H,25,26)(H,23,24,27)/b19-11+. The monoisotopic (exact) mass is 426 g/mol. The van der Waals surface area contributed by atoms with E-state index in [-0.39, 0.29) is 5.91 Å². The van der Waals surface area contributed by atoms with Gasteiger partial charge < -0.3 is 19.9 Å². The molecule has 2 aromatic carbocycles. The lowest BCUT2D eigenvalue weighted by Crippen LogP contribution is -2.19. The second-order valence-corrected chi connectivity index (χ2v) is 7.62. The Morgan fingerprint density at radius 2 is 1.97 bits per heavy atom. The number of amidine groups is 1. The van der Waals surface area contributed by atoms with Crippen molar-refractivity contribution in [2.24, 2.45) is 4.99 Å². The summed E-state index contributed by atoms with van der Waals surface area (Å²) in [6.07, 6.45) is 1.73. The van der Waals surface area contributed by atoms with E-state index in [4.69, 9.17) is 14.6 Å². The topological polar surface area (TPSA) is 97.2 Å². The highest BCUT2D eigenvalue weighted by Crippen LogP contribution is 2.33. The normalized spacial score (nSPS) is 16.0. The van der Waals surface area contributed by atoms with E-state index >= 15 is 0 Å². The van der Waals surface area contributed by atoms with E-state index in [9.17, 15) is 9.59 Å². The fourth-order valence-corrected chi connectivity index (χ4v) is 3.65. The minimum absolute atomic E-state index is 0.229. The number of rotatable bonds is 7. The number of carboxylic acid groups (broad SMARTS) is 1. The van der Waals surface area contributed by atoms with Gasteiger partial charge in [0.15, 0.2) is 23.3 Å². The molecule has 0 saturated carbocycles. The Hall–Kier alpha value is -3.26. The van der Waals surface area contributed by atoms with Crippen LogP contribution in [0.5, 0.6) is 11.5 Å². The van der Waals surface area contributed by atoms with Gasteiger partial charge in [0, 0.05) is 0 Å². The molecule has 1 fully saturated rings. The summed E-state index contributed by atoms with van der Waals surface area (Å²) < 4.78 is 10.8. The number of aliphatic carboxylic acids is 1. The number of nitrogens with one attached hydrogen (secondary N) is 1. The number of amides is 1. The van der Waals surface area contributed by atoms with Gasteiger partial charge in [-0.05, 0) is 67.9 Å². The number of thioether (sulfide) groups is 1. The van der Waals surface area contributed by atoms with Gasteiger partial charge in [0.25, 0.3) is 5.91 Å². The van der Waals surface area contributed by atoms with E-state index in [2.05, 4.69) is 10.3 Å². The van der Waals surface area contributed by atoms with Crippen molar-refractivity contribution in [3.8, 4) is 11.5 Å². The highest BCUT2D eigenvalue weighted by Gasteiger charge is 2.24. The summed E-state index contributed by atoms with van der Waals surface area (Å²) in [5.41, 5.74) is 3.73. The van der Waals surface area contributed by atoms with Gasteiger partial charge in [0.1, 0.15) is 0 Å². The Morgan fingerprint density at radius 3 is 2.67 bits per heavy atom. The van der Waals surface area contributed by atoms with Crippen LogP contribution < -0.4 is 14.8 Å². The number of carbonyl (C=O) groups excluding carboxylic acids is 1. The predicted molar refractivity (Wildman–Crippen MR) is 117 cm³/mol. The SMILES string of the molecule is CCOc1cc(/C=C2/SC(=Nc3ccc(C)cc3C)NC2=O)ccc1OCC(=O)O. The van der Waals surface area contributed by atoms with E-state index in [1.165, 1.54) is 11.8 Å². The Kier molecular flexibility index (Phi) is 6.79. The number of aliphatic imine (C=N–C) groups is 1. The molecule has 30 heavy (non-hydrogen) atoms. The molecule has 156 valence electrons. The molecule has 1 amide bonds. The molecule has 0 unspecified atom stereocenters. The smallest absolute Gasteiger partial charge is 0.341 e. The van der Waals surface area contributed by atoms with E-state index < -0.39 is 12.6 Å². The average Bonchev–Trinajstić information content (AvgIpc) is 3.02. The van der Waals surface area contributed by atoms with Crippen LogP contribution >= 0.6 is 11.8 Å². The maximum atomic E-state index is 12.4. The summed E-state index contributed by atoms with van der Waals surface area (Å²) in [5.74, 6) is -0.548. The molecule has 1 heterocycles. The fraction of sp³-hybridized carbons (Fsp3) is 0.227. The van der Waals surface area contributed by atoms with Crippen LogP contribution in [0.1, 0.15) is 23.6 Å². The third-order valence-electron chi connectivity index (χ3n) is 4.14. The first kappa shape index (κ1) is 21.4. The number of hydrogen-bond acceptors (Lipinski definition) is 6. The molecular weight excluding hydrogens is 404 g/mol. The van der Waals surface area contributed by atoms with Crippen LogP contribution in [0.2, 0.25) is 0 Å². The van der Waals surface area contributed by atoms with Crippen molar-refractivity contribution >= 4 is 40.6 Å². The van der Waals surface area contributed by atoms with Crippen LogP contribution in [0.4, 0.5) is 5.69 Å². The Bertz CT molecular complexity index is 1050. The molecule has 1 aliphatic rings. The number of benzene rings is 2. The zero-order chi connectivity index (χ0) is 21.7. The van der Waals surface area contributed by atoms with E-state index in [1.807, 2.05) is 39.0 Å². The first-order valence-corrected chi connectivity index (χ1v) is 10.2. The Morgan fingerprint density at radius 1 is 1.17 bits per heavy atom. The lowest BCUT2D eigenvalue weighted by molar-refractivity contribution is -0.139. The molecule has 2 N–H and O–H groups in total. The van der Waals surface area contributed by atoms with E-state index in [1.54, 1.807) is 24.3 Å². The van der Waals surface area contributed by atoms with Crippen LogP contribution in [-0.2, 0) is 9.59 Å². The van der Waals surface area contributed by atoms with Crippen LogP contribution in [0.3, 0.4) is 0 Å². The Balaban J connectivity index is 1.82. The van der Waals surface area contributed by atoms with Gasteiger partial charge in [-0.1, -0.05) is 23.8 Å². The van der Waals surface area contributed by atoms with Gasteiger partial charge in [0.2, 0.25) is 0 Å². The quantitative estimate of drug-likeness (QED) is 0.648. The van der Waals surface area contributed by atoms with Gasteiger partial charge in [0.05, 0.1) is 17.2 Å². The lowest BCUT2D eigenvalue weighted by Gasteiger charge is -2.11. The molecular formula is C22H22N2O5S. The average molecular weight is 426 g/mol. The third-order valence-corrected chi connectivity index (χ3v) is 5.05. The van der Waals surface area contributed by atoms with Gasteiger partial charge >= 0.3 is 5.97 Å². The van der Waals surface area contributed by atoms with Gasteiger partial charge in [-0.15, -0.1) is 0 Å². The van der Waals surface area contributed by atoms with Crippen molar-refractivity contribution in [2.75, 3.05) is 13.2 Å². The Labute approximate surface area is 178 Å². The molecule has 2 aromatic rings. The maximum absolute atomic E-state index is 12.4. The summed E-state index contributed by atoms with van der Waals surface area (Å²) in [7, 11) is 0. The largest absolute Gasteiger partial charge is 0.490 e. The summed E-state index contributed by atoms with van der Waals surface area (Å²) in [6.45, 7) is 5.75. The third kappa shape index (κ3) is 5.42. The van der Waals surface area contributed by atoms with E-state index in [0.717, 1.165) is 22.4 Å². The molecule has 0 atom stereocenters. The van der Waals surface area contributed by atoms with Crippen molar-refractivity contribution in [1.82, 2.24) is 5.32 Å². The molecule has 1 saturated heterocycles. The molecule has 0 spiro atoms. The van der Waals surface area contributed by atoms with Gasteiger partial charge in [-0.25, -0.2) is 9.79 Å². The number of ether oxygens (including phenoxy) is 2. The van der Waals surface area contributed by atoms with Crippen molar-refractivity contribution < 1.29 is 24.2 Å². The number of carboxylic acids is 1. The summed E-state index contributed by atoms with van der Waals surface area (Å²) in [6, 6.07) is 11.0. The van der Waals surface area contributed by atoms with Gasteiger partial charge in [-0.3, -0.25) is 4.79 Å². The predicted octanol–water partition coefficient (Wildman–Crippen LogP) is 4.06. The molecule has 0 radical (unpaired) electrons. The molecule has 8 heteroatoms. The van der Waals surface area contributed by atoms with Gasteiger partial charge in [-0.2, -0.15) is 0 Å².